The van der Waals surface area contributed by atoms with Crippen molar-refractivity contribution in [2.75, 3.05) is 6.54 Å². The molecule has 2 rings (SSSR count). The molecule has 1 amide bonds. The Morgan fingerprint density at radius 1 is 1.35 bits per heavy atom. The average Bonchev–Trinajstić information content (AvgIpc) is 2.89. The lowest BCUT2D eigenvalue weighted by atomic mass is 10.2. The zero-order valence-electron chi connectivity index (χ0n) is 11.4. The quantitative estimate of drug-likeness (QED) is 0.851. The number of nitrogens with zero attached hydrogens (tertiary/aromatic N) is 1. The number of benzene rings is 1. The number of aromatic nitrogens is 2. The van der Waals surface area contributed by atoms with Gasteiger partial charge in [0.15, 0.2) is 0 Å². The van der Waals surface area contributed by atoms with Crippen LogP contribution in [0.2, 0.25) is 0 Å². The summed E-state index contributed by atoms with van der Waals surface area (Å²) in [6, 6.07) is 6.17. The highest BCUT2D eigenvalue weighted by Crippen LogP contribution is 2.16. The van der Waals surface area contributed by atoms with Gasteiger partial charge in [0.05, 0.1) is 0 Å². The molecular formula is C15H18FN3O. The fraction of sp³-hybridized carbons (Fsp3) is 0.333. The third-order valence-electron chi connectivity index (χ3n) is 2.94. The monoisotopic (exact) mass is 275 g/mol. The van der Waals surface area contributed by atoms with E-state index in [-0.39, 0.29) is 11.7 Å². The van der Waals surface area contributed by atoms with Crippen molar-refractivity contribution in [2.45, 2.75) is 26.2 Å². The lowest BCUT2D eigenvalue weighted by Crippen LogP contribution is -2.25. The summed E-state index contributed by atoms with van der Waals surface area (Å²) in [6.45, 7) is 2.56. The number of halogens is 1. The summed E-state index contributed by atoms with van der Waals surface area (Å²) >= 11 is 0. The maximum atomic E-state index is 12.8. The van der Waals surface area contributed by atoms with Crippen LogP contribution < -0.4 is 5.32 Å². The van der Waals surface area contributed by atoms with E-state index in [4.69, 9.17) is 0 Å². The van der Waals surface area contributed by atoms with Gasteiger partial charge in [-0.3, -0.25) is 4.79 Å². The largest absolute Gasteiger partial charge is 0.356 e. The number of aromatic amines is 1. The maximum absolute atomic E-state index is 12.8. The van der Waals surface area contributed by atoms with E-state index in [1.54, 1.807) is 18.3 Å². The first kappa shape index (κ1) is 14.2. The van der Waals surface area contributed by atoms with Gasteiger partial charge in [0.2, 0.25) is 5.91 Å². The summed E-state index contributed by atoms with van der Waals surface area (Å²) in [6.07, 6.45) is 3.85. The van der Waals surface area contributed by atoms with Crippen molar-refractivity contribution in [1.29, 1.82) is 0 Å². The molecule has 0 spiro atoms. The Morgan fingerprint density at radius 3 is 2.80 bits per heavy atom. The van der Waals surface area contributed by atoms with Crippen molar-refractivity contribution >= 4 is 5.91 Å². The summed E-state index contributed by atoms with van der Waals surface area (Å²) in [5.41, 5.74) is 1.79. The van der Waals surface area contributed by atoms with Crippen molar-refractivity contribution in [1.82, 2.24) is 15.3 Å². The summed E-state index contributed by atoms with van der Waals surface area (Å²) in [5, 5.41) is 2.85. The second-order valence-corrected chi connectivity index (χ2v) is 4.61. The molecule has 1 heterocycles. The molecule has 4 nitrogen and oxygen atoms in total. The molecule has 1 aromatic heterocycles. The van der Waals surface area contributed by atoms with Crippen LogP contribution in [0.15, 0.2) is 30.5 Å². The topological polar surface area (TPSA) is 57.8 Å². The molecule has 0 aliphatic heterocycles. The number of carbonyl (C=O) groups is 1. The van der Waals surface area contributed by atoms with E-state index in [9.17, 15) is 9.18 Å². The van der Waals surface area contributed by atoms with Crippen molar-refractivity contribution in [2.24, 2.45) is 0 Å². The number of nitrogens with one attached hydrogen (secondary N) is 2. The van der Waals surface area contributed by atoms with Gasteiger partial charge in [-0.2, -0.15) is 0 Å². The van der Waals surface area contributed by atoms with Crippen molar-refractivity contribution in [3.05, 3.63) is 42.0 Å². The van der Waals surface area contributed by atoms with Crippen molar-refractivity contribution in [3.63, 3.8) is 0 Å². The summed E-state index contributed by atoms with van der Waals surface area (Å²) in [7, 11) is 0. The molecule has 0 aliphatic rings. The zero-order chi connectivity index (χ0) is 14.4. The van der Waals surface area contributed by atoms with Crippen LogP contribution in [0, 0.1) is 5.82 Å². The number of carbonyl (C=O) groups excluding carboxylic acids is 1. The zero-order valence-corrected chi connectivity index (χ0v) is 11.4. The van der Waals surface area contributed by atoms with Crippen LogP contribution >= 0.6 is 0 Å². The van der Waals surface area contributed by atoms with E-state index in [0.29, 0.717) is 25.2 Å². The highest BCUT2D eigenvalue weighted by atomic mass is 19.1. The third kappa shape index (κ3) is 3.91. The molecule has 0 saturated heterocycles. The molecule has 0 bridgehead atoms. The standard InChI is InChI=1S/C15H18FN3O/c1-2-3-14(20)17-9-8-13-10-18-15(19-13)11-4-6-12(16)7-5-11/h4-7,10H,2-3,8-9H2,1H3,(H,17,20)(H,18,19). The first-order chi connectivity index (χ1) is 9.69. The van der Waals surface area contributed by atoms with Gasteiger partial charge in [-0.1, -0.05) is 6.92 Å². The van der Waals surface area contributed by atoms with E-state index in [0.717, 1.165) is 17.7 Å². The van der Waals surface area contributed by atoms with E-state index in [2.05, 4.69) is 15.3 Å². The van der Waals surface area contributed by atoms with E-state index in [1.807, 2.05) is 6.92 Å². The highest BCUT2D eigenvalue weighted by molar-refractivity contribution is 5.75. The lowest BCUT2D eigenvalue weighted by Gasteiger charge is -2.02. The smallest absolute Gasteiger partial charge is 0.219 e. The third-order valence-corrected chi connectivity index (χ3v) is 2.94. The molecule has 1 aromatic carbocycles. The van der Waals surface area contributed by atoms with Crippen molar-refractivity contribution < 1.29 is 9.18 Å². The minimum Gasteiger partial charge on any atom is -0.356 e. The summed E-state index contributed by atoms with van der Waals surface area (Å²) < 4.78 is 12.8. The van der Waals surface area contributed by atoms with E-state index >= 15 is 0 Å². The number of H-pyrrole nitrogens is 1. The number of amides is 1. The van der Waals surface area contributed by atoms with Gasteiger partial charge >= 0.3 is 0 Å². The Morgan fingerprint density at radius 2 is 2.10 bits per heavy atom. The molecule has 0 fully saturated rings. The molecule has 0 radical (unpaired) electrons. The molecule has 2 aromatic rings. The first-order valence-electron chi connectivity index (χ1n) is 6.75. The number of imidazole rings is 1. The summed E-state index contributed by atoms with van der Waals surface area (Å²) in [4.78, 5) is 18.7. The van der Waals surface area contributed by atoms with Gasteiger partial charge in [-0.15, -0.1) is 0 Å². The van der Waals surface area contributed by atoms with Crippen LogP contribution in [-0.4, -0.2) is 22.4 Å². The SMILES string of the molecule is CCCC(=O)NCCc1cnc(-c2ccc(F)cc2)[nH]1. The Hall–Kier alpha value is -2.17. The number of hydrogen-bond acceptors (Lipinski definition) is 2. The van der Waals surface area contributed by atoms with Gasteiger partial charge in [0, 0.05) is 36.8 Å². The van der Waals surface area contributed by atoms with Crippen LogP contribution in [0.1, 0.15) is 25.5 Å². The average molecular weight is 275 g/mol. The molecule has 0 unspecified atom stereocenters. The Labute approximate surface area is 117 Å². The Kier molecular flexibility index (Phi) is 4.87. The molecule has 20 heavy (non-hydrogen) atoms. The van der Waals surface area contributed by atoms with E-state index in [1.165, 1.54) is 12.1 Å². The van der Waals surface area contributed by atoms with Crippen LogP contribution in [0.4, 0.5) is 4.39 Å². The predicted octanol–water partition coefficient (Wildman–Crippen LogP) is 2.67. The summed E-state index contributed by atoms with van der Waals surface area (Å²) in [5.74, 6) is 0.518. The number of rotatable bonds is 6. The molecule has 0 aliphatic carbocycles. The fourth-order valence-corrected chi connectivity index (χ4v) is 1.89. The molecule has 5 heteroatoms. The van der Waals surface area contributed by atoms with Crippen LogP contribution in [0.3, 0.4) is 0 Å². The van der Waals surface area contributed by atoms with Crippen LogP contribution in [0.25, 0.3) is 11.4 Å². The Bertz CT molecular complexity index is 563. The highest BCUT2D eigenvalue weighted by Gasteiger charge is 2.04. The Balaban J connectivity index is 1.89. The molecule has 106 valence electrons. The van der Waals surface area contributed by atoms with Crippen molar-refractivity contribution in [3.8, 4) is 11.4 Å². The molecule has 2 N–H and O–H groups in total. The van der Waals surface area contributed by atoms with E-state index < -0.39 is 0 Å². The minimum atomic E-state index is -0.265. The second-order valence-electron chi connectivity index (χ2n) is 4.61. The molecule has 0 saturated carbocycles. The fourth-order valence-electron chi connectivity index (χ4n) is 1.89. The number of hydrogen-bond donors (Lipinski definition) is 2. The minimum absolute atomic E-state index is 0.0748. The first-order valence-corrected chi connectivity index (χ1v) is 6.75. The van der Waals surface area contributed by atoms with Gasteiger partial charge in [-0.25, -0.2) is 9.37 Å². The predicted molar refractivity (Wildman–Crippen MR) is 75.6 cm³/mol. The van der Waals surface area contributed by atoms with Crippen LogP contribution in [-0.2, 0) is 11.2 Å². The van der Waals surface area contributed by atoms with Crippen LogP contribution in [0.5, 0.6) is 0 Å². The normalized spacial score (nSPS) is 10.5. The van der Waals surface area contributed by atoms with Gasteiger partial charge in [-0.05, 0) is 30.7 Å². The van der Waals surface area contributed by atoms with Gasteiger partial charge in [0.1, 0.15) is 11.6 Å². The molecular weight excluding hydrogens is 257 g/mol. The molecule has 0 atom stereocenters. The lowest BCUT2D eigenvalue weighted by molar-refractivity contribution is -0.121. The van der Waals surface area contributed by atoms with Gasteiger partial charge < -0.3 is 10.3 Å². The second kappa shape index (κ2) is 6.84. The van der Waals surface area contributed by atoms with Gasteiger partial charge in [0.25, 0.3) is 0 Å². The maximum Gasteiger partial charge on any atom is 0.219 e.